The zero-order chi connectivity index (χ0) is 31.1. The van der Waals surface area contributed by atoms with Crippen LogP contribution in [0.4, 0.5) is 0 Å². The van der Waals surface area contributed by atoms with Crippen LogP contribution in [0.25, 0.3) is 0 Å². The quantitative estimate of drug-likeness (QED) is 0.125. The minimum absolute atomic E-state index is 0.0295. The van der Waals surface area contributed by atoms with E-state index in [0.717, 1.165) is 12.8 Å². The highest BCUT2D eigenvalue weighted by molar-refractivity contribution is 6.71. The largest absolute Gasteiger partial charge is 0.460 e. The maximum absolute atomic E-state index is 6.73. The topological polar surface area (TPSA) is 55.4 Å². The molecule has 0 aromatic carbocycles. The molecule has 0 bridgehead atoms. The van der Waals surface area contributed by atoms with E-state index in [2.05, 4.69) is 103 Å². The Morgan fingerprint density at radius 2 is 0.805 bits per heavy atom. The first-order valence-corrected chi connectivity index (χ1v) is 16.3. The van der Waals surface area contributed by atoms with Gasteiger partial charge in [-0.25, -0.2) is 0 Å². The molecular weight excluding hydrogens is 513 g/mol. The molecule has 9 heteroatoms. The normalized spacial score (nSPS) is 26.2. The van der Waals surface area contributed by atoms with Crippen molar-refractivity contribution in [3.8, 4) is 0 Å². The number of allylic oxidation sites excluding steroid dienone is 2. The van der Waals surface area contributed by atoms with Gasteiger partial charge in [0.1, 0.15) is 0 Å². The van der Waals surface area contributed by atoms with Crippen LogP contribution >= 0.6 is 0 Å². The van der Waals surface area contributed by atoms with E-state index in [1.165, 1.54) is 44.1 Å². The Balaban J connectivity index is 1.83. The molecule has 3 aliphatic heterocycles. The molecule has 0 unspecified atom stereocenters. The molecule has 234 valence electrons. The average molecular weight is 574 g/mol. The van der Waals surface area contributed by atoms with Gasteiger partial charge in [0.05, 0.1) is 33.6 Å². The molecule has 0 spiro atoms. The van der Waals surface area contributed by atoms with E-state index >= 15 is 0 Å². The summed E-state index contributed by atoms with van der Waals surface area (Å²) < 4.78 is 40.3. The smallest absolute Gasteiger partial charge is 0.403 e. The molecule has 0 amide bonds. The van der Waals surface area contributed by atoms with Crippen molar-refractivity contribution in [1.82, 2.24) is 0 Å². The van der Waals surface area contributed by atoms with Crippen molar-refractivity contribution in [1.29, 1.82) is 0 Å². The minimum Gasteiger partial charge on any atom is -0.403 e. The van der Waals surface area contributed by atoms with Crippen LogP contribution in [0.2, 0.25) is 11.5 Å². The first-order chi connectivity index (χ1) is 18.6. The van der Waals surface area contributed by atoms with Gasteiger partial charge in [-0.15, -0.1) is 0 Å². The lowest BCUT2D eigenvalue weighted by molar-refractivity contribution is 0.00578. The van der Waals surface area contributed by atoms with E-state index in [0.29, 0.717) is 0 Å². The summed E-state index contributed by atoms with van der Waals surface area (Å²) in [7, 11) is -1.42. The predicted octanol–water partition coefficient (Wildman–Crippen LogP) is 8.63. The number of hydrogen-bond acceptors (Lipinski definition) is 6. The van der Waals surface area contributed by atoms with Crippen molar-refractivity contribution in [2.45, 2.75) is 193 Å². The number of unbranched alkanes of at least 4 members (excludes halogenated alkanes) is 6. The van der Waals surface area contributed by atoms with Crippen molar-refractivity contribution in [2.75, 3.05) is 0 Å². The monoisotopic (exact) mass is 574 g/mol. The first-order valence-electron chi connectivity index (χ1n) is 16.3. The number of hydrogen-bond donors (Lipinski definition) is 0. The Hall–Kier alpha value is -0.305. The molecule has 41 heavy (non-hydrogen) atoms. The highest BCUT2D eigenvalue weighted by Gasteiger charge is 2.66. The van der Waals surface area contributed by atoms with Gasteiger partial charge in [-0.2, -0.15) is 0 Å². The molecule has 6 nitrogen and oxygen atoms in total. The molecule has 3 fully saturated rings. The Kier molecular flexibility index (Phi) is 10.8. The maximum Gasteiger partial charge on any atom is 0.460 e. The third kappa shape index (κ3) is 7.86. The molecule has 1 atom stereocenters. The van der Waals surface area contributed by atoms with Crippen LogP contribution in [-0.2, 0) is 27.9 Å². The fourth-order valence-electron chi connectivity index (χ4n) is 5.82. The fourth-order valence-corrected chi connectivity index (χ4v) is 5.82. The molecule has 0 aliphatic carbocycles. The standard InChI is InChI=1S/C32H61B3O6/c1-24(2)22-20-18-16-15-17-19-21-23-25(33-36-27(3,4)28(5,6)37-33)26(34-38-29(7,8)30(9,10)39-34)35-40-31(11,12)32(13,14)41-35/h22,25-26H,15-21,23H2,1-14H3/t25-/m0/s1. The summed E-state index contributed by atoms with van der Waals surface area (Å²) in [6, 6.07) is 0. The summed E-state index contributed by atoms with van der Waals surface area (Å²) in [5.74, 6) is -0.0295. The molecule has 0 N–H and O–H groups in total. The van der Waals surface area contributed by atoms with Gasteiger partial charge in [-0.05, 0) is 116 Å². The molecule has 0 aromatic rings. The lowest BCUT2D eigenvalue weighted by Gasteiger charge is -2.32. The highest BCUT2D eigenvalue weighted by atomic mass is 16.7. The van der Waals surface area contributed by atoms with E-state index in [-0.39, 0.29) is 11.5 Å². The van der Waals surface area contributed by atoms with Crippen LogP contribution in [0, 0.1) is 0 Å². The summed E-state index contributed by atoms with van der Waals surface area (Å²) in [5, 5.41) is 0. The van der Waals surface area contributed by atoms with Gasteiger partial charge in [-0.3, -0.25) is 0 Å². The Morgan fingerprint density at radius 1 is 0.488 bits per heavy atom. The highest BCUT2D eigenvalue weighted by Crippen LogP contribution is 2.53. The summed E-state index contributed by atoms with van der Waals surface area (Å²) in [4.78, 5) is 0. The van der Waals surface area contributed by atoms with E-state index in [1.807, 2.05) is 0 Å². The Bertz CT molecular complexity index is 825. The molecule has 3 rings (SSSR count). The van der Waals surface area contributed by atoms with Crippen molar-refractivity contribution >= 4 is 21.4 Å². The first kappa shape index (κ1) is 35.2. The summed E-state index contributed by atoms with van der Waals surface area (Å²) in [6.45, 7) is 29.7. The maximum atomic E-state index is 6.73. The zero-order valence-corrected chi connectivity index (χ0v) is 29.1. The predicted molar refractivity (Wildman–Crippen MR) is 172 cm³/mol. The van der Waals surface area contributed by atoms with Gasteiger partial charge in [0, 0.05) is 5.72 Å². The van der Waals surface area contributed by atoms with Crippen molar-refractivity contribution in [3.05, 3.63) is 11.6 Å². The third-order valence-electron chi connectivity index (χ3n) is 10.8. The molecule has 3 aliphatic rings. The summed E-state index contributed by atoms with van der Waals surface area (Å²) in [5.41, 5.74) is -1.54. The van der Waals surface area contributed by atoms with Gasteiger partial charge in [0.2, 0.25) is 0 Å². The lowest BCUT2D eigenvalue weighted by atomic mass is 9.39. The third-order valence-corrected chi connectivity index (χ3v) is 10.8. The van der Waals surface area contributed by atoms with E-state index < -0.39 is 55.0 Å². The van der Waals surface area contributed by atoms with E-state index in [4.69, 9.17) is 27.9 Å². The lowest BCUT2D eigenvalue weighted by Crippen LogP contribution is -2.45. The summed E-state index contributed by atoms with van der Waals surface area (Å²) in [6.07, 6.45) is 11.8. The second-order valence-corrected chi connectivity index (χ2v) is 16.1. The molecule has 0 aromatic heterocycles. The van der Waals surface area contributed by atoms with Crippen LogP contribution in [0.1, 0.15) is 148 Å². The van der Waals surface area contributed by atoms with Crippen LogP contribution < -0.4 is 0 Å². The van der Waals surface area contributed by atoms with Crippen LogP contribution in [0.3, 0.4) is 0 Å². The molecule has 0 saturated carbocycles. The van der Waals surface area contributed by atoms with Gasteiger partial charge in [0.15, 0.2) is 0 Å². The van der Waals surface area contributed by atoms with Gasteiger partial charge in [-0.1, -0.05) is 50.2 Å². The van der Waals surface area contributed by atoms with Crippen LogP contribution in [0.15, 0.2) is 11.6 Å². The summed E-state index contributed by atoms with van der Waals surface area (Å²) >= 11 is 0. The van der Waals surface area contributed by atoms with E-state index in [9.17, 15) is 0 Å². The van der Waals surface area contributed by atoms with E-state index in [1.54, 1.807) is 0 Å². The van der Waals surface area contributed by atoms with Crippen LogP contribution in [0.5, 0.6) is 0 Å². The minimum atomic E-state index is -0.506. The van der Waals surface area contributed by atoms with Gasteiger partial charge in [0.25, 0.3) is 0 Å². The molecule has 3 heterocycles. The SMILES string of the molecule is CC(C)=CCCCCCCCC[C@H](B1OC(C)(C)C(C)(C)O1)C(B1OC(C)(C)C(C)(C)O1)B1OC(C)(C)C(C)(C)O1. The number of rotatable bonds is 13. The average Bonchev–Trinajstić information content (AvgIpc) is 3.24. The Labute approximate surface area is 254 Å². The second-order valence-electron chi connectivity index (χ2n) is 16.1. The zero-order valence-electron chi connectivity index (χ0n) is 29.1. The molecular formula is C32H61B3O6. The van der Waals surface area contributed by atoms with Crippen molar-refractivity contribution in [3.63, 3.8) is 0 Å². The second kappa shape index (κ2) is 12.6. The molecule has 3 saturated heterocycles. The van der Waals surface area contributed by atoms with Crippen molar-refractivity contribution in [2.24, 2.45) is 0 Å². The van der Waals surface area contributed by atoms with Crippen LogP contribution in [-0.4, -0.2) is 55.0 Å². The Morgan fingerprint density at radius 3 is 1.17 bits per heavy atom. The fraction of sp³-hybridized carbons (Fsp3) is 0.938. The van der Waals surface area contributed by atoms with Gasteiger partial charge >= 0.3 is 21.4 Å². The molecule has 0 radical (unpaired) electrons. The van der Waals surface area contributed by atoms with Crippen molar-refractivity contribution < 1.29 is 27.9 Å². The van der Waals surface area contributed by atoms with Gasteiger partial charge < -0.3 is 27.9 Å².